The van der Waals surface area contributed by atoms with Crippen LogP contribution < -0.4 is 0 Å². The van der Waals surface area contributed by atoms with Crippen LogP contribution in [-0.2, 0) is 6.42 Å². The fourth-order valence-electron chi connectivity index (χ4n) is 1.90. The predicted molar refractivity (Wildman–Crippen MR) is 93.9 cm³/mol. The van der Waals surface area contributed by atoms with Crippen molar-refractivity contribution in [2.75, 3.05) is 0 Å². The van der Waals surface area contributed by atoms with E-state index in [1.54, 1.807) is 0 Å². The average Bonchev–Trinajstić information content (AvgIpc) is 2.50. The van der Waals surface area contributed by atoms with Crippen LogP contribution in [0, 0.1) is 0 Å². The summed E-state index contributed by atoms with van der Waals surface area (Å²) in [4.78, 5) is 0. The lowest BCUT2D eigenvalue weighted by atomic mass is 10.0. The van der Waals surface area contributed by atoms with E-state index in [0.29, 0.717) is 0 Å². The Labute approximate surface area is 125 Å². The standard InChI is InChI=1S/C18H22.C2H6/c1-4-8-17(9-5-2)10-7-11-18-14-12-16(6-3)13-15-18;1-2/h4-6,8-9,12-15H,1,3,7,10-11H2,2H3;1-2H3/b9-5-,17-8+;. The van der Waals surface area contributed by atoms with Crippen LogP contribution in [0.5, 0.6) is 0 Å². The third-order valence-corrected chi connectivity index (χ3v) is 2.86. The highest BCUT2D eigenvalue weighted by atomic mass is 14.0. The first-order valence-electron chi connectivity index (χ1n) is 7.46. The van der Waals surface area contributed by atoms with E-state index in [1.165, 1.54) is 16.7 Å². The average molecular weight is 268 g/mol. The molecule has 1 aromatic carbocycles. The number of hydrogen-bond donors (Lipinski definition) is 0. The normalized spacial score (nSPS) is 10.8. The van der Waals surface area contributed by atoms with Gasteiger partial charge in [-0.05, 0) is 42.9 Å². The van der Waals surface area contributed by atoms with Gasteiger partial charge in [-0.25, -0.2) is 0 Å². The molecule has 0 heteroatoms. The number of allylic oxidation sites excluding steroid dienone is 5. The third kappa shape index (κ3) is 7.58. The molecule has 0 heterocycles. The highest BCUT2D eigenvalue weighted by molar-refractivity contribution is 5.47. The molecule has 0 nitrogen and oxygen atoms in total. The van der Waals surface area contributed by atoms with Crippen molar-refractivity contribution in [1.29, 1.82) is 0 Å². The van der Waals surface area contributed by atoms with Crippen molar-refractivity contribution in [1.82, 2.24) is 0 Å². The van der Waals surface area contributed by atoms with Gasteiger partial charge in [0.05, 0.1) is 0 Å². The van der Waals surface area contributed by atoms with Crippen molar-refractivity contribution >= 4 is 6.08 Å². The predicted octanol–water partition coefficient (Wildman–Crippen LogP) is 6.37. The summed E-state index contributed by atoms with van der Waals surface area (Å²) in [6, 6.07) is 8.61. The van der Waals surface area contributed by atoms with E-state index in [0.717, 1.165) is 19.3 Å². The Morgan fingerprint density at radius 2 is 1.75 bits per heavy atom. The zero-order chi connectivity index (χ0) is 15.2. The Bertz CT molecular complexity index is 430. The lowest BCUT2D eigenvalue weighted by Gasteiger charge is -2.03. The maximum atomic E-state index is 3.76. The Morgan fingerprint density at radius 1 is 1.10 bits per heavy atom. The van der Waals surface area contributed by atoms with Gasteiger partial charge in [-0.3, -0.25) is 0 Å². The highest BCUT2D eigenvalue weighted by Gasteiger charge is 1.96. The summed E-state index contributed by atoms with van der Waals surface area (Å²) >= 11 is 0. The topological polar surface area (TPSA) is 0 Å². The largest absolute Gasteiger partial charge is 0.0991 e. The molecule has 0 saturated heterocycles. The lowest BCUT2D eigenvalue weighted by Crippen LogP contribution is -1.87. The SMILES string of the molecule is C=C/C=C(\C=C/C)CCCc1ccc(C=C)cc1.CC. The molecule has 20 heavy (non-hydrogen) atoms. The second-order valence-electron chi connectivity index (χ2n) is 4.28. The first-order chi connectivity index (χ1) is 9.80. The molecule has 1 aromatic rings. The van der Waals surface area contributed by atoms with Crippen molar-refractivity contribution in [3.63, 3.8) is 0 Å². The van der Waals surface area contributed by atoms with Crippen LogP contribution in [0.25, 0.3) is 6.08 Å². The Morgan fingerprint density at radius 3 is 2.25 bits per heavy atom. The van der Waals surface area contributed by atoms with Crippen LogP contribution in [-0.4, -0.2) is 0 Å². The molecule has 0 amide bonds. The summed E-state index contributed by atoms with van der Waals surface area (Å²) in [6.45, 7) is 13.6. The molecule has 0 atom stereocenters. The van der Waals surface area contributed by atoms with Crippen LogP contribution in [0.4, 0.5) is 0 Å². The van der Waals surface area contributed by atoms with Gasteiger partial charge >= 0.3 is 0 Å². The zero-order valence-corrected chi connectivity index (χ0v) is 13.2. The molecule has 0 fully saturated rings. The Hall–Kier alpha value is -1.82. The summed E-state index contributed by atoms with van der Waals surface area (Å²) in [5.74, 6) is 0. The minimum Gasteiger partial charge on any atom is -0.0991 e. The van der Waals surface area contributed by atoms with Gasteiger partial charge in [0.2, 0.25) is 0 Å². The van der Waals surface area contributed by atoms with E-state index in [2.05, 4.69) is 55.7 Å². The number of benzene rings is 1. The van der Waals surface area contributed by atoms with Crippen molar-refractivity contribution in [3.8, 4) is 0 Å². The van der Waals surface area contributed by atoms with Crippen LogP contribution >= 0.6 is 0 Å². The number of aryl methyl sites for hydroxylation is 1. The lowest BCUT2D eigenvalue weighted by molar-refractivity contribution is 0.823. The van der Waals surface area contributed by atoms with Gasteiger partial charge in [0.25, 0.3) is 0 Å². The summed E-state index contributed by atoms with van der Waals surface area (Å²) in [7, 11) is 0. The molecule has 0 N–H and O–H groups in total. The van der Waals surface area contributed by atoms with E-state index in [9.17, 15) is 0 Å². The molecule has 108 valence electrons. The van der Waals surface area contributed by atoms with Gasteiger partial charge in [0, 0.05) is 0 Å². The molecule has 0 aliphatic rings. The van der Waals surface area contributed by atoms with E-state index in [1.807, 2.05) is 32.9 Å². The monoisotopic (exact) mass is 268 g/mol. The van der Waals surface area contributed by atoms with Crippen molar-refractivity contribution < 1.29 is 0 Å². The summed E-state index contributed by atoms with van der Waals surface area (Å²) in [5.41, 5.74) is 3.91. The van der Waals surface area contributed by atoms with Gasteiger partial charge < -0.3 is 0 Å². The molecule has 0 radical (unpaired) electrons. The smallest absolute Gasteiger partial charge is 0.0262 e. The fraction of sp³-hybridized carbons (Fsp3) is 0.300. The third-order valence-electron chi connectivity index (χ3n) is 2.86. The zero-order valence-electron chi connectivity index (χ0n) is 13.2. The maximum Gasteiger partial charge on any atom is -0.0262 e. The van der Waals surface area contributed by atoms with Gasteiger partial charge in [0.1, 0.15) is 0 Å². The van der Waals surface area contributed by atoms with Gasteiger partial charge in [-0.15, -0.1) is 0 Å². The van der Waals surface area contributed by atoms with Gasteiger partial charge in [-0.2, -0.15) is 0 Å². The molecular weight excluding hydrogens is 240 g/mol. The molecule has 0 unspecified atom stereocenters. The first-order valence-corrected chi connectivity index (χ1v) is 7.46. The Balaban J connectivity index is 0.00000172. The van der Waals surface area contributed by atoms with E-state index in [-0.39, 0.29) is 0 Å². The summed E-state index contributed by atoms with van der Waals surface area (Å²) in [6.07, 6.45) is 13.4. The minimum atomic E-state index is 1.10. The van der Waals surface area contributed by atoms with Gasteiger partial charge in [0.15, 0.2) is 0 Å². The van der Waals surface area contributed by atoms with Crippen LogP contribution in [0.2, 0.25) is 0 Å². The highest BCUT2D eigenvalue weighted by Crippen LogP contribution is 2.13. The molecule has 0 bridgehead atoms. The molecule has 0 aliphatic heterocycles. The molecule has 0 aromatic heterocycles. The van der Waals surface area contributed by atoms with Crippen LogP contribution in [0.1, 0.15) is 44.7 Å². The Kier molecular flexibility index (Phi) is 11.1. The minimum absolute atomic E-state index is 1.10. The van der Waals surface area contributed by atoms with Crippen molar-refractivity contribution in [3.05, 3.63) is 78.4 Å². The second-order valence-corrected chi connectivity index (χ2v) is 4.28. The fourth-order valence-corrected chi connectivity index (χ4v) is 1.90. The van der Waals surface area contributed by atoms with Crippen LogP contribution in [0.3, 0.4) is 0 Å². The summed E-state index contributed by atoms with van der Waals surface area (Å²) in [5, 5.41) is 0. The van der Waals surface area contributed by atoms with Crippen molar-refractivity contribution in [2.24, 2.45) is 0 Å². The number of hydrogen-bond acceptors (Lipinski definition) is 0. The van der Waals surface area contributed by atoms with E-state index < -0.39 is 0 Å². The maximum absolute atomic E-state index is 3.76. The molecule has 0 saturated carbocycles. The molecular formula is C20H28. The number of rotatable bonds is 7. The first kappa shape index (κ1) is 18.2. The second kappa shape index (κ2) is 12.2. The van der Waals surface area contributed by atoms with Crippen molar-refractivity contribution in [2.45, 2.75) is 40.0 Å². The van der Waals surface area contributed by atoms with E-state index in [4.69, 9.17) is 0 Å². The molecule has 1 rings (SSSR count). The van der Waals surface area contributed by atoms with E-state index >= 15 is 0 Å². The molecule has 0 aliphatic carbocycles. The molecule has 0 spiro atoms. The van der Waals surface area contributed by atoms with Gasteiger partial charge in [-0.1, -0.05) is 81.7 Å². The summed E-state index contributed by atoms with van der Waals surface area (Å²) < 4.78 is 0. The van der Waals surface area contributed by atoms with Crippen LogP contribution in [0.15, 0.2) is 67.3 Å². The quantitative estimate of drug-likeness (QED) is 0.504.